The van der Waals surface area contributed by atoms with Gasteiger partial charge in [0.2, 0.25) is 5.91 Å². The molecular formula is C23H30ClN3O. The number of amides is 1. The van der Waals surface area contributed by atoms with E-state index in [2.05, 4.69) is 60.2 Å². The minimum absolute atomic E-state index is 0.0578. The van der Waals surface area contributed by atoms with Gasteiger partial charge < -0.3 is 10.2 Å². The fourth-order valence-electron chi connectivity index (χ4n) is 3.79. The number of nitrogens with zero attached hydrogens (tertiary/aromatic N) is 2. The standard InChI is InChI=1S/C23H30ClN3O/c1-16(2)19-9-7-8-17(3)22(19)25-23(28)18(4)26-12-14-27(15-13-26)21-11-6-5-10-20(21)24/h5-11,16,18H,12-15H2,1-4H3,(H,25,28)/t18-/m1/s1. The van der Waals surface area contributed by atoms with Crippen LogP contribution in [0.5, 0.6) is 0 Å². The third-order valence-corrected chi connectivity index (χ3v) is 5.93. The molecule has 0 unspecified atom stereocenters. The number of nitrogens with one attached hydrogen (secondary N) is 1. The van der Waals surface area contributed by atoms with E-state index in [1.807, 2.05) is 25.1 Å². The maximum Gasteiger partial charge on any atom is 0.241 e. The number of piperazine rings is 1. The summed E-state index contributed by atoms with van der Waals surface area (Å²) in [4.78, 5) is 17.5. The summed E-state index contributed by atoms with van der Waals surface area (Å²) >= 11 is 6.33. The largest absolute Gasteiger partial charge is 0.368 e. The minimum Gasteiger partial charge on any atom is -0.368 e. The van der Waals surface area contributed by atoms with Gasteiger partial charge in [0.15, 0.2) is 0 Å². The monoisotopic (exact) mass is 399 g/mol. The number of halogens is 1. The summed E-state index contributed by atoms with van der Waals surface area (Å²) in [6.45, 7) is 11.8. The van der Waals surface area contributed by atoms with E-state index in [-0.39, 0.29) is 11.9 Å². The summed E-state index contributed by atoms with van der Waals surface area (Å²) in [7, 11) is 0. The lowest BCUT2D eigenvalue weighted by Crippen LogP contribution is -2.53. The van der Waals surface area contributed by atoms with Crippen LogP contribution in [0.2, 0.25) is 5.02 Å². The van der Waals surface area contributed by atoms with Gasteiger partial charge in [-0.1, -0.05) is 55.8 Å². The number of carbonyl (C=O) groups excluding carboxylic acids is 1. The van der Waals surface area contributed by atoms with Crippen molar-refractivity contribution in [3.63, 3.8) is 0 Å². The van der Waals surface area contributed by atoms with Crippen LogP contribution in [-0.4, -0.2) is 43.0 Å². The molecule has 0 spiro atoms. The van der Waals surface area contributed by atoms with Crippen LogP contribution in [-0.2, 0) is 4.79 Å². The summed E-state index contributed by atoms with van der Waals surface area (Å²) < 4.78 is 0. The van der Waals surface area contributed by atoms with E-state index in [1.165, 1.54) is 5.56 Å². The second kappa shape index (κ2) is 8.97. The molecule has 2 aromatic carbocycles. The van der Waals surface area contributed by atoms with Gasteiger partial charge in [-0.3, -0.25) is 9.69 Å². The van der Waals surface area contributed by atoms with Crippen LogP contribution in [0, 0.1) is 6.92 Å². The normalized spacial score (nSPS) is 16.3. The predicted molar refractivity (Wildman–Crippen MR) is 119 cm³/mol. The second-order valence-electron chi connectivity index (χ2n) is 7.83. The molecule has 28 heavy (non-hydrogen) atoms. The molecule has 4 nitrogen and oxygen atoms in total. The van der Waals surface area contributed by atoms with Crippen LogP contribution >= 0.6 is 11.6 Å². The van der Waals surface area contributed by atoms with Gasteiger partial charge in [0.1, 0.15) is 0 Å². The Morgan fingerprint density at radius 2 is 1.68 bits per heavy atom. The average Bonchev–Trinajstić information content (AvgIpc) is 2.69. The lowest BCUT2D eigenvalue weighted by atomic mass is 9.98. The number of hydrogen-bond acceptors (Lipinski definition) is 3. The van der Waals surface area contributed by atoms with Gasteiger partial charge in [0.05, 0.1) is 16.8 Å². The summed E-state index contributed by atoms with van der Waals surface area (Å²) in [5.41, 5.74) is 4.32. The van der Waals surface area contributed by atoms with Gasteiger partial charge >= 0.3 is 0 Å². The molecule has 0 aliphatic carbocycles. The number of aryl methyl sites for hydroxylation is 1. The van der Waals surface area contributed by atoms with Crippen LogP contribution in [0.1, 0.15) is 37.8 Å². The van der Waals surface area contributed by atoms with E-state index in [0.29, 0.717) is 5.92 Å². The van der Waals surface area contributed by atoms with Crippen LogP contribution in [0.3, 0.4) is 0 Å². The Labute approximate surface area is 173 Å². The minimum atomic E-state index is -0.173. The van der Waals surface area contributed by atoms with Gasteiger partial charge in [0, 0.05) is 31.9 Å². The van der Waals surface area contributed by atoms with E-state index in [4.69, 9.17) is 11.6 Å². The Balaban J connectivity index is 1.64. The molecule has 1 N–H and O–H groups in total. The lowest BCUT2D eigenvalue weighted by Gasteiger charge is -2.39. The third-order valence-electron chi connectivity index (χ3n) is 5.61. The Morgan fingerprint density at radius 1 is 1.00 bits per heavy atom. The highest BCUT2D eigenvalue weighted by Crippen LogP contribution is 2.28. The van der Waals surface area contributed by atoms with Crippen molar-refractivity contribution < 1.29 is 4.79 Å². The summed E-state index contributed by atoms with van der Waals surface area (Å²) in [6.07, 6.45) is 0. The molecule has 2 aromatic rings. The van der Waals surface area contributed by atoms with Crippen molar-refractivity contribution in [2.75, 3.05) is 36.4 Å². The quantitative estimate of drug-likeness (QED) is 0.774. The molecule has 3 rings (SSSR count). The van der Waals surface area contributed by atoms with E-state index >= 15 is 0 Å². The molecule has 150 valence electrons. The van der Waals surface area contributed by atoms with Crippen LogP contribution in [0.4, 0.5) is 11.4 Å². The Kier molecular flexibility index (Phi) is 6.63. The number of hydrogen-bond donors (Lipinski definition) is 1. The van der Waals surface area contributed by atoms with Crippen molar-refractivity contribution >= 4 is 28.9 Å². The zero-order valence-electron chi connectivity index (χ0n) is 17.2. The van der Waals surface area contributed by atoms with E-state index in [0.717, 1.165) is 48.1 Å². The molecule has 0 saturated carbocycles. The van der Waals surface area contributed by atoms with Gasteiger partial charge in [-0.2, -0.15) is 0 Å². The van der Waals surface area contributed by atoms with Crippen molar-refractivity contribution in [2.45, 2.75) is 39.7 Å². The van der Waals surface area contributed by atoms with E-state index in [1.54, 1.807) is 0 Å². The molecule has 1 fully saturated rings. The molecule has 5 heteroatoms. The van der Waals surface area contributed by atoms with Crippen molar-refractivity contribution in [3.05, 3.63) is 58.6 Å². The van der Waals surface area contributed by atoms with E-state index in [9.17, 15) is 4.79 Å². The Hall–Kier alpha value is -2.04. The molecule has 1 aliphatic heterocycles. The first kappa shape index (κ1) is 20.7. The maximum absolute atomic E-state index is 13.0. The smallest absolute Gasteiger partial charge is 0.241 e. The number of rotatable bonds is 5. The van der Waals surface area contributed by atoms with Gasteiger partial charge in [-0.15, -0.1) is 0 Å². The highest BCUT2D eigenvalue weighted by atomic mass is 35.5. The number of carbonyl (C=O) groups is 1. The average molecular weight is 400 g/mol. The van der Waals surface area contributed by atoms with Gasteiger partial charge in [0.25, 0.3) is 0 Å². The fourth-order valence-corrected chi connectivity index (χ4v) is 4.05. The summed E-state index contributed by atoms with van der Waals surface area (Å²) in [5.74, 6) is 0.423. The Bertz CT molecular complexity index is 828. The van der Waals surface area contributed by atoms with Crippen LogP contribution < -0.4 is 10.2 Å². The molecule has 1 atom stereocenters. The van der Waals surface area contributed by atoms with Crippen LogP contribution in [0.15, 0.2) is 42.5 Å². The first-order valence-corrected chi connectivity index (χ1v) is 10.4. The zero-order valence-corrected chi connectivity index (χ0v) is 18.0. The first-order valence-electron chi connectivity index (χ1n) is 10.0. The second-order valence-corrected chi connectivity index (χ2v) is 8.24. The van der Waals surface area contributed by atoms with Crippen molar-refractivity contribution in [3.8, 4) is 0 Å². The van der Waals surface area contributed by atoms with Gasteiger partial charge in [-0.25, -0.2) is 0 Å². The first-order chi connectivity index (χ1) is 13.4. The van der Waals surface area contributed by atoms with Crippen molar-refractivity contribution in [2.24, 2.45) is 0 Å². The van der Waals surface area contributed by atoms with Crippen LogP contribution in [0.25, 0.3) is 0 Å². The topological polar surface area (TPSA) is 35.6 Å². The number of anilines is 2. The van der Waals surface area contributed by atoms with Gasteiger partial charge in [-0.05, 0) is 43.0 Å². The zero-order chi connectivity index (χ0) is 20.3. The number of benzene rings is 2. The predicted octanol–water partition coefficient (Wildman–Crippen LogP) is 4.92. The lowest BCUT2D eigenvalue weighted by molar-refractivity contribution is -0.120. The molecule has 0 aromatic heterocycles. The molecular weight excluding hydrogens is 370 g/mol. The fraction of sp³-hybridized carbons (Fsp3) is 0.435. The third kappa shape index (κ3) is 4.50. The van der Waals surface area contributed by atoms with Crippen molar-refractivity contribution in [1.82, 2.24) is 4.90 Å². The van der Waals surface area contributed by atoms with Crippen molar-refractivity contribution in [1.29, 1.82) is 0 Å². The maximum atomic E-state index is 13.0. The molecule has 0 radical (unpaired) electrons. The molecule has 1 amide bonds. The SMILES string of the molecule is Cc1cccc(C(C)C)c1NC(=O)[C@@H](C)N1CCN(c2ccccc2Cl)CC1. The summed E-state index contributed by atoms with van der Waals surface area (Å²) in [5, 5.41) is 3.97. The molecule has 1 aliphatic rings. The highest BCUT2D eigenvalue weighted by Gasteiger charge is 2.27. The molecule has 1 heterocycles. The Morgan fingerprint density at radius 3 is 2.32 bits per heavy atom. The highest BCUT2D eigenvalue weighted by molar-refractivity contribution is 6.33. The number of para-hydroxylation sites is 2. The van der Waals surface area contributed by atoms with E-state index < -0.39 is 0 Å². The summed E-state index contributed by atoms with van der Waals surface area (Å²) in [6, 6.07) is 14.0. The molecule has 0 bridgehead atoms. The molecule has 1 saturated heterocycles.